The third-order valence-electron chi connectivity index (χ3n) is 0.999. The molecule has 12 heavy (non-hydrogen) atoms. The molecule has 0 N–H and O–H groups in total. The van der Waals surface area contributed by atoms with E-state index in [1.165, 1.54) is 0 Å². The zero-order valence-electron chi connectivity index (χ0n) is 9.05. The SMILES string of the molecule is CC(C)(C)/C=C\N=N/C(C)(C)C. The number of rotatable bonds is 1. The third-order valence-corrected chi connectivity index (χ3v) is 0.999. The van der Waals surface area contributed by atoms with Crippen LogP contribution in [0.2, 0.25) is 0 Å². The van der Waals surface area contributed by atoms with E-state index >= 15 is 0 Å². The quantitative estimate of drug-likeness (QED) is 0.532. The standard InChI is InChI=1S/C10H20N2/c1-9(2,3)7-8-11-12-10(4,5)6/h7-8H,1-6H3/b8-7-,12-11-. The summed E-state index contributed by atoms with van der Waals surface area (Å²) < 4.78 is 0. The first-order valence-corrected chi connectivity index (χ1v) is 4.30. The number of hydrogen-bond donors (Lipinski definition) is 0. The summed E-state index contributed by atoms with van der Waals surface area (Å²) in [5.74, 6) is 0. The zero-order valence-corrected chi connectivity index (χ0v) is 9.05. The van der Waals surface area contributed by atoms with Crippen LogP contribution in [-0.4, -0.2) is 5.54 Å². The minimum Gasteiger partial charge on any atom is -0.183 e. The highest BCUT2D eigenvalue weighted by Gasteiger charge is 2.06. The fraction of sp³-hybridized carbons (Fsp3) is 0.800. The van der Waals surface area contributed by atoms with Crippen LogP contribution >= 0.6 is 0 Å². The second-order valence-electron chi connectivity index (χ2n) is 5.07. The molecule has 2 heteroatoms. The predicted octanol–water partition coefficient (Wildman–Crippen LogP) is 3.80. The summed E-state index contributed by atoms with van der Waals surface area (Å²) in [5.41, 5.74) is 0.124. The molecule has 0 fully saturated rings. The van der Waals surface area contributed by atoms with Crippen LogP contribution in [0.3, 0.4) is 0 Å². The molecule has 0 aromatic carbocycles. The van der Waals surface area contributed by atoms with Crippen molar-refractivity contribution in [3.8, 4) is 0 Å². The van der Waals surface area contributed by atoms with Crippen LogP contribution in [0.5, 0.6) is 0 Å². The highest BCUT2D eigenvalue weighted by Crippen LogP contribution is 2.15. The van der Waals surface area contributed by atoms with Gasteiger partial charge < -0.3 is 0 Å². The van der Waals surface area contributed by atoms with Gasteiger partial charge in [0.05, 0.1) is 5.54 Å². The number of azo groups is 1. The maximum atomic E-state index is 4.10. The Kier molecular flexibility index (Phi) is 3.62. The molecule has 0 amide bonds. The van der Waals surface area contributed by atoms with Crippen LogP contribution in [0.25, 0.3) is 0 Å². The van der Waals surface area contributed by atoms with E-state index in [1.54, 1.807) is 6.20 Å². The van der Waals surface area contributed by atoms with Gasteiger partial charge >= 0.3 is 0 Å². The molecule has 2 nitrogen and oxygen atoms in total. The maximum Gasteiger partial charge on any atom is 0.0736 e. The Balaban J connectivity index is 4.00. The van der Waals surface area contributed by atoms with Crippen molar-refractivity contribution in [2.24, 2.45) is 15.6 Å². The zero-order chi connectivity index (χ0) is 9.83. The van der Waals surface area contributed by atoms with Crippen LogP contribution in [-0.2, 0) is 0 Å². The van der Waals surface area contributed by atoms with Crippen LogP contribution in [0, 0.1) is 5.41 Å². The lowest BCUT2D eigenvalue weighted by atomic mass is 9.97. The molecule has 0 unspecified atom stereocenters. The van der Waals surface area contributed by atoms with E-state index in [1.807, 2.05) is 26.8 Å². The molecule has 0 spiro atoms. The summed E-state index contributed by atoms with van der Waals surface area (Å²) in [6.07, 6.45) is 3.81. The summed E-state index contributed by atoms with van der Waals surface area (Å²) in [6, 6.07) is 0. The fourth-order valence-electron chi connectivity index (χ4n) is 0.463. The fourth-order valence-corrected chi connectivity index (χ4v) is 0.463. The van der Waals surface area contributed by atoms with E-state index in [9.17, 15) is 0 Å². The summed E-state index contributed by atoms with van der Waals surface area (Å²) in [5, 5.41) is 8.07. The average molecular weight is 168 g/mol. The van der Waals surface area contributed by atoms with Crippen molar-refractivity contribution < 1.29 is 0 Å². The van der Waals surface area contributed by atoms with Gasteiger partial charge in [0.15, 0.2) is 0 Å². The molecule has 0 radical (unpaired) electrons. The third kappa shape index (κ3) is 9.34. The van der Waals surface area contributed by atoms with Gasteiger partial charge in [0.2, 0.25) is 0 Å². The minimum atomic E-state index is -0.0672. The van der Waals surface area contributed by atoms with Gasteiger partial charge in [0, 0.05) is 6.20 Å². The largest absolute Gasteiger partial charge is 0.183 e. The van der Waals surface area contributed by atoms with Gasteiger partial charge in [-0.1, -0.05) is 26.8 Å². The molecule has 0 aliphatic rings. The van der Waals surface area contributed by atoms with Crippen LogP contribution in [0.1, 0.15) is 41.5 Å². The summed E-state index contributed by atoms with van der Waals surface area (Å²) in [7, 11) is 0. The van der Waals surface area contributed by atoms with E-state index in [4.69, 9.17) is 0 Å². The highest BCUT2D eigenvalue weighted by molar-refractivity contribution is 4.90. The molecule has 0 atom stereocenters. The van der Waals surface area contributed by atoms with Crippen molar-refractivity contribution in [1.82, 2.24) is 0 Å². The Labute approximate surface area is 75.8 Å². The van der Waals surface area contributed by atoms with Gasteiger partial charge in [-0.15, -0.1) is 0 Å². The molecule has 0 rings (SSSR count). The lowest BCUT2D eigenvalue weighted by Gasteiger charge is -2.10. The first-order valence-electron chi connectivity index (χ1n) is 4.30. The Bertz CT molecular complexity index is 155. The Morgan fingerprint density at radius 1 is 0.917 bits per heavy atom. The van der Waals surface area contributed by atoms with Gasteiger partial charge in [-0.25, -0.2) is 0 Å². The molecule has 0 aromatic heterocycles. The molecule has 0 aliphatic carbocycles. The van der Waals surface area contributed by atoms with Crippen molar-refractivity contribution in [2.75, 3.05) is 0 Å². The van der Waals surface area contributed by atoms with Gasteiger partial charge in [0.1, 0.15) is 0 Å². The Hall–Kier alpha value is -0.660. The Morgan fingerprint density at radius 2 is 1.42 bits per heavy atom. The van der Waals surface area contributed by atoms with Crippen molar-refractivity contribution in [3.63, 3.8) is 0 Å². The van der Waals surface area contributed by atoms with Gasteiger partial charge in [-0.3, -0.25) is 0 Å². The van der Waals surface area contributed by atoms with E-state index in [0.717, 1.165) is 0 Å². The van der Waals surface area contributed by atoms with Crippen LogP contribution in [0.15, 0.2) is 22.5 Å². The Morgan fingerprint density at radius 3 is 1.75 bits per heavy atom. The van der Waals surface area contributed by atoms with Crippen molar-refractivity contribution in [1.29, 1.82) is 0 Å². The molecule has 0 heterocycles. The molecule has 0 saturated heterocycles. The molecule has 0 saturated carbocycles. The van der Waals surface area contributed by atoms with Gasteiger partial charge in [0.25, 0.3) is 0 Å². The first-order chi connectivity index (χ1) is 5.21. The van der Waals surface area contributed by atoms with Crippen LogP contribution in [0.4, 0.5) is 0 Å². The van der Waals surface area contributed by atoms with Gasteiger partial charge in [-0.05, 0) is 26.2 Å². The second-order valence-corrected chi connectivity index (χ2v) is 5.07. The van der Waals surface area contributed by atoms with E-state index in [0.29, 0.717) is 0 Å². The molecule has 0 aliphatic heterocycles. The summed E-state index contributed by atoms with van der Waals surface area (Å²) in [4.78, 5) is 0. The molecular formula is C10H20N2. The molecular weight excluding hydrogens is 148 g/mol. The number of nitrogens with zero attached hydrogens (tertiary/aromatic N) is 2. The lowest BCUT2D eigenvalue weighted by Crippen LogP contribution is -2.07. The highest BCUT2D eigenvalue weighted by atomic mass is 15.1. The topological polar surface area (TPSA) is 24.7 Å². The molecule has 70 valence electrons. The van der Waals surface area contributed by atoms with Crippen molar-refractivity contribution >= 4 is 0 Å². The molecule has 0 aromatic rings. The lowest BCUT2D eigenvalue weighted by molar-refractivity contribution is 0.534. The summed E-state index contributed by atoms with van der Waals surface area (Å²) in [6.45, 7) is 12.5. The maximum absolute atomic E-state index is 4.10. The first kappa shape index (κ1) is 11.3. The minimum absolute atomic E-state index is 0.0672. The normalized spacial score (nSPS) is 14.8. The average Bonchev–Trinajstić information content (AvgIpc) is 1.76. The van der Waals surface area contributed by atoms with Crippen LogP contribution < -0.4 is 0 Å². The van der Waals surface area contributed by atoms with E-state index < -0.39 is 0 Å². The van der Waals surface area contributed by atoms with Crippen molar-refractivity contribution in [2.45, 2.75) is 47.1 Å². The monoisotopic (exact) mass is 168 g/mol. The number of hydrogen-bond acceptors (Lipinski definition) is 2. The van der Waals surface area contributed by atoms with Crippen molar-refractivity contribution in [3.05, 3.63) is 12.3 Å². The number of allylic oxidation sites excluding steroid dienone is 1. The van der Waals surface area contributed by atoms with E-state index in [-0.39, 0.29) is 11.0 Å². The molecule has 0 bridgehead atoms. The summed E-state index contributed by atoms with van der Waals surface area (Å²) >= 11 is 0. The second kappa shape index (κ2) is 3.83. The smallest absolute Gasteiger partial charge is 0.0736 e. The van der Waals surface area contributed by atoms with Gasteiger partial charge in [-0.2, -0.15) is 10.2 Å². The predicted molar refractivity (Wildman–Crippen MR) is 53.2 cm³/mol. The van der Waals surface area contributed by atoms with E-state index in [2.05, 4.69) is 31.0 Å².